The summed E-state index contributed by atoms with van der Waals surface area (Å²) >= 11 is 0. The lowest BCUT2D eigenvalue weighted by atomic mass is 9.79. The van der Waals surface area contributed by atoms with Crippen LogP contribution in [-0.2, 0) is 14.3 Å². The average Bonchev–Trinajstić information content (AvgIpc) is 2.34. The molecule has 2 aliphatic rings. The Balaban J connectivity index is 1.78. The molecule has 0 aromatic heterocycles. The molecular formula is C14H25NO3. The standard InChI is InChI=1S/C14H25NO3/c1-3-4-13(16)15-10-14(11-15)9-12(5-7-17-2)6-8-18-14/h12H,3-11H2,1-2H3/t12-/m0/s1. The topological polar surface area (TPSA) is 38.8 Å². The summed E-state index contributed by atoms with van der Waals surface area (Å²) in [6.45, 7) is 5.32. The van der Waals surface area contributed by atoms with Crippen molar-refractivity contribution in [3.8, 4) is 0 Å². The number of ether oxygens (including phenoxy) is 2. The molecule has 2 aliphatic heterocycles. The molecule has 0 radical (unpaired) electrons. The first-order valence-electron chi connectivity index (χ1n) is 7.10. The maximum Gasteiger partial charge on any atom is 0.222 e. The van der Waals surface area contributed by atoms with Gasteiger partial charge in [0.15, 0.2) is 0 Å². The minimum Gasteiger partial charge on any atom is -0.385 e. The van der Waals surface area contributed by atoms with Crippen molar-refractivity contribution < 1.29 is 14.3 Å². The predicted octanol–water partition coefficient (Wildman–Crippen LogP) is 1.83. The number of rotatable bonds is 5. The zero-order chi connectivity index (χ0) is 13.0. The van der Waals surface area contributed by atoms with Crippen LogP contribution in [0.3, 0.4) is 0 Å². The molecule has 0 unspecified atom stereocenters. The van der Waals surface area contributed by atoms with Gasteiger partial charge in [-0.2, -0.15) is 0 Å². The molecule has 18 heavy (non-hydrogen) atoms. The van der Waals surface area contributed by atoms with Crippen molar-refractivity contribution in [3.05, 3.63) is 0 Å². The van der Waals surface area contributed by atoms with E-state index >= 15 is 0 Å². The lowest BCUT2D eigenvalue weighted by Gasteiger charge is -2.53. The van der Waals surface area contributed by atoms with Crippen molar-refractivity contribution in [2.24, 2.45) is 5.92 Å². The van der Waals surface area contributed by atoms with Crippen molar-refractivity contribution in [2.45, 2.75) is 44.6 Å². The van der Waals surface area contributed by atoms with Crippen molar-refractivity contribution in [2.75, 3.05) is 33.4 Å². The van der Waals surface area contributed by atoms with Crippen LogP contribution < -0.4 is 0 Å². The molecule has 0 aromatic rings. The monoisotopic (exact) mass is 255 g/mol. The van der Waals surface area contributed by atoms with Gasteiger partial charge in [0.25, 0.3) is 0 Å². The summed E-state index contributed by atoms with van der Waals surface area (Å²) in [4.78, 5) is 13.7. The van der Waals surface area contributed by atoms with E-state index in [-0.39, 0.29) is 11.5 Å². The van der Waals surface area contributed by atoms with E-state index in [1.807, 2.05) is 11.8 Å². The molecule has 0 saturated carbocycles. The van der Waals surface area contributed by atoms with E-state index < -0.39 is 0 Å². The highest BCUT2D eigenvalue weighted by Gasteiger charge is 2.48. The first-order valence-corrected chi connectivity index (χ1v) is 7.10. The Labute approximate surface area is 110 Å². The smallest absolute Gasteiger partial charge is 0.222 e. The van der Waals surface area contributed by atoms with Crippen molar-refractivity contribution >= 4 is 5.91 Å². The molecule has 104 valence electrons. The minimum atomic E-state index is -0.0277. The number of nitrogens with zero attached hydrogens (tertiary/aromatic N) is 1. The van der Waals surface area contributed by atoms with Gasteiger partial charge in [0.2, 0.25) is 5.91 Å². The van der Waals surface area contributed by atoms with Gasteiger partial charge in [0.1, 0.15) is 5.60 Å². The van der Waals surface area contributed by atoms with Gasteiger partial charge in [0, 0.05) is 26.7 Å². The highest BCUT2D eigenvalue weighted by molar-refractivity contribution is 5.77. The highest BCUT2D eigenvalue weighted by Crippen LogP contribution is 2.38. The van der Waals surface area contributed by atoms with Crippen LogP contribution in [0.15, 0.2) is 0 Å². The first kappa shape index (κ1) is 13.8. The van der Waals surface area contributed by atoms with Gasteiger partial charge >= 0.3 is 0 Å². The number of carbonyl (C=O) groups is 1. The van der Waals surface area contributed by atoms with E-state index in [2.05, 4.69) is 0 Å². The number of hydrogen-bond donors (Lipinski definition) is 0. The van der Waals surface area contributed by atoms with Crippen LogP contribution in [0.2, 0.25) is 0 Å². The van der Waals surface area contributed by atoms with Gasteiger partial charge in [-0.25, -0.2) is 0 Å². The number of amides is 1. The molecule has 2 heterocycles. The van der Waals surface area contributed by atoms with E-state index in [0.717, 1.165) is 52.0 Å². The van der Waals surface area contributed by atoms with Crippen LogP contribution in [0, 0.1) is 5.92 Å². The molecule has 1 spiro atoms. The van der Waals surface area contributed by atoms with E-state index in [0.29, 0.717) is 12.3 Å². The maximum absolute atomic E-state index is 11.8. The Hall–Kier alpha value is -0.610. The zero-order valence-corrected chi connectivity index (χ0v) is 11.6. The van der Waals surface area contributed by atoms with E-state index in [1.165, 1.54) is 0 Å². The first-order chi connectivity index (χ1) is 8.69. The van der Waals surface area contributed by atoms with Crippen molar-refractivity contribution in [1.29, 1.82) is 0 Å². The second-order valence-electron chi connectivity index (χ2n) is 5.67. The molecule has 0 aliphatic carbocycles. The van der Waals surface area contributed by atoms with Gasteiger partial charge in [-0.1, -0.05) is 6.92 Å². The third-order valence-electron chi connectivity index (χ3n) is 4.10. The van der Waals surface area contributed by atoms with Crippen LogP contribution in [-0.4, -0.2) is 49.8 Å². The third kappa shape index (κ3) is 3.04. The summed E-state index contributed by atoms with van der Waals surface area (Å²) in [6.07, 6.45) is 4.94. The summed E-state index contributed by atoms with van der Waals surface area (Å²) in [5.74, 6) is 0.980. The molecule has 2 fully saturated rings. The SMILES string of the molecule is CCCC(=O)N1CC2(C[C@@H](CCOC)CCO2)C1. The van der Waals surface area contributed by atoms with Gasteiger partial charge in [-0.15, -0.1) is 0 Å². The fourth-order valence-electron chi connectivity index (χ4n) is 3.08. The summed E-state index contributed by atoms with van der Waals surface area (Å²) in [7, 11) is 1.75. The molecule has 0 bridgehead atoms. The van der Waals surface area contributed by atoms with Gasteiger partial charge in [-0.3, -0.25) is 4.79 Å². The fourth-order valence-corrected chi connectivity index (χ4v) is 3.08. The Morgan fingerprint density at radius 2 is 2.28 bits per heavy atom. The van der Waals surface area contributed by atoms with E-state index in [4.69, 9.17) is 9.47 Å². The van der Waals surface area contributed by atoms with Gasteiger partial charge < -0.3 is 14.4 Å². The average molecular weight is 255 g/mol. The number of methoxy groups -OCH3 is 1. The molecule has 2 saturated heterocycles. The molecule has 4 nitrogen and oxygen atoms in total. The molecule has 4 heteroatoms. The Kier molecular flexibility index (Phi) is 4.62. The maximum atomic E-state index is 11.8. The van der Waals surface area contributed by atoms with Crippen molar-refractivity contribution in [3.63, 3.8) is 0 Å². The largest absolute Gasteiger partial charge is 0.385 e. The molecule has 0 N–H and O–H groups in total. The van der Waals surface area contributed by atoms with Crippen LogP contribution >= 0.6 is 0 Å². The lowest BCUT2D eigenvalue weighted by Crippen LogP contribution is -2.66. The second-order valence-corrected chi connectivity index (χ2v) is 5.67. The Morgan fingerprint density at radius 1 is 1.50 bits per heavy atom. The normalized spacial score (nSPS) is 26.1. The molecule has 0 aromatic carbocycles. The number of carbonyl (C=O) groups excluding carboxylic acids is 1. The number of likely N-dealkylation sites (tertiary alicyclic amines) is 1. The van der Waals surface area contributed by atoms with Crippen molar-refractivity contribution in [1.82, 2.24) is 4.90 Å². The fraction of sp³-hybridized carbons (Fsp3) is 0.929. The summed E-state index contributed by atoms with van der Waals surface area (Å²) < 4.78 is 11.1. The minimum absolute atomic E-state index is 0.0277. The Morgan fingerprint density at radius 3 is 2.94 bits per heavy atom. The van der Waals surface area contributed by atoms with Gasteiger partial charge in [-0.05, 0) is 31.6 Å². The lowest BCUT2D eigenvalue weighted by molar-refractivity contribution is -0.189. The van der Waals surface area contributed by atoms with Gasteiger partial charge in [0.05, 0.1) is 13.1 Å². The molecular weight excluding hydrogens is 230 g/mol. The summed E-state index contributed by atoms with van der Waals surface area (Å²) in [5.41, 5.74) is -0.0277. The summed E-state index contributed by atoms with van der Waals surface area (Å²) in [6, 6.07) is 0. The highest BCUT2D eigenvalue weighted by atomic mass is 16.5. The summed E-state index contributed by atoms with van der Waals surface area (Å²) in [5, 5.41) is 0. The van der Waals surface area contributed by atoms with Crippen LogP contribution in [0.5, 0.6) is 0 Å². The predicted molar refractivity (Wildman–Crippen MR) is 69.4 cm³/mol. The van der Waals surface area contributed by atoms with Crippen LogP contribution in [0.25, 0.3) is 0 Å². The van der Waals surface area contributed by atoms with Crippen LogP contribution in [0.1, 0.15) is 39.0 Å². The second kappa shape index (κ2) is 6.02. The van der Waals surface area contributed by atoms with E-state index in [9.17, 15) is 4.79 Å². The molecule has 1 atom stereocenters. The molecule has 2 rings (SSSR count). The zero-order valence-electron chi connectivity index (χ0n) is 11.6. The molecule has 1 amide bonds. The Bertz CT molecular complexity index is 287. The number of hydrogen-bond acceptors (Lipinski definition) is 3. The quantitative estimate of drug-likeness (QED) is 0.752. The van der Waals surface area contributed by atoms with Crippen LogP contribution in [0.4, 0.5) is 0 Å². The third-order valence-corrected chi connectivity index (χ3v) is 4.10. The van der Waals surface area contributed by atoms with E-state index in [1.54, 1.807) is 7.11 Å².